The minimum atomic E-state index is -2.96. The quantitative estimate of drug-likeness (QED) is 0.630. The van der Waals surface area contributed by atoms with Crippen molar-refractivity contribution >= 4 is 23.2 Å². The summed E-state index contributed by atoms with van der Waals surface area (Å²) in [5, 5.41) is 7.62. The summed E-state index contributed by atoms with van der Waals surface area (Å²) >= 11 is 6.00. The molecule has 0 spiro atoms. The third-order valence-electron chi connectivity index (χ3n) is 7.18. The van der Waals surface area contributed by atoms with Gasteiger partial charge in [-0.3, -0.25) is 4.79 Å². The van der Waals surface area contributed by atoms with Crippen LogP contribution in [-0.2, 0) is 10.3 Å². The van der Waals surface area contributed by atoms with Gasteiger partial charge in [-0.1, -0.05) is 0 Å². The molecule has 10 heteroatoms. The number of hydrogen-bond donors (Lipinski definition) is 1. The molecule has 6 rings (SSSR count). The zero-order chi connectivity index (χ0) is 22.5. The molecule has 0 aliphatic heterocycles. The monoisotopic (exact) mass is 466 g/mol. The molecule has 2 aromatic rings. The van der Waals surface area contributed by atoms with Crippen molar-refractivity contribution in [2.24, 2.45) is 17.3 Å². The van der Waals surface area contributed by atoms with Crippen LogP contribution < -0.4 is 14.8 Å². The molecule has 4 aliphatic carbocycles. The van der Waals surface area contributed by atoms with Gasteiger partial charge in [-0.15, -0.1) is 5.10 Å². The Morgan fingerprint density at radius 3 is 2.66 bits per heavy atom. The molecular formula is C22H25ClF2N4O3. The van der Waals surface area contributed by atoms with E-state index in [0.29, 0.717) is 23.9 Å². The fraction of sp³-hybridized carbons (Fsp3) is 0.591. The van der Waals surface area contributed by atoms with E-state index < -0.39 is 12.0 Å². The maximum atomic E-state index is 13.6. The van der Waals surface area contributed by atoms with Gasteiger partial charge in [0.1, 0.15) is 6.33 Å². The molecule has 1 amide bonds. The molecule has 4 saturated carbocycles. The van der Waals surface area contributed by atoms with Gasteiger partial charge >= 0.3 is 6.61 Å². The summed E-state index contributed by atoms with van der Waals surface area (Å²) in [6.07, 6.45) is 7.13. The highest BCUT2D eigenvalue weighted by Gasteiger charge is 2.61. The van der Waals surface area contributed by atoms with Crippen LogP contribution in [0.15, 0.2) is 24.5 Å². The van der Waals surface area contributed by atoms with E-state index in [9.17, 15) is 13.6 Å². The molecule has 4 fully saturated rings. The number of amides is 1. The summed E-state index contributed by atoms with van der Waals surface area (Å²) in [4.78, 5) is 17.7. The summed E-state index contributed by atoms with van der Waals surface area (Å²) in [5.74, 6) is 0.963. The fourth-order valence-corrected chi connectivity index (χ4v) is 6.66. The van der Waals surface area contributed by atoms with Gasteiger partial charge in [0, 0.05) is 11.8 Å². The number of nitrogens with one attached hydrogen (secondary N) is 1. The van der Waals surface area contributed by atoms with Crippen molar-refractivity contribution < 1.29 is 23.0 Å². The average molecular weight is 467 g/mol. The van der Waals surface area contributed by atoms with E-state index in [-0.39, 0.29) is 34.8 Å². The maximum absolute atomic E-state index is 13.6. The summed E-state index contributed by atoms with van der Waals surface area (Å²) < 4.78 is 37.2. The summed E-state index contributed by atoms with van der Waals surface area (Å²) in [7, 11) is 0. The number of carbonyl (C=O) groups is 1. The third-order valence-corrected chi connectivity index (χ3v) is 7.35. The smallest absolute Gasteiger partial charge is 0.387 e. The van der Waals surface area contributed by atoms with Gasteiger partial charge in [0.2, 0.25) is 11.2 Å². The lowest BCUT2D eigenvalue weighted by Crippen LogP contribution is -2.60. The molecule has 172 valence electrons. The van der Waals surface area contributed by atoms with E-state index in [0.717, 1.165) is 32.1 Å². The molecule has 2 atom stereocenters. The maximum Gasteiger partial charge on any atom is 0.387 e. The van der Waals surface area contributed by atoms with Gasteiger partial charge in [0.25, 0.3) is 0 Å². The second kappa shape index (κ2) is 7.86. The highest BCUT2D eigenvalue weighted by atomic mass is 35.5. The third kappa shape index (κ3) is 3.70. The molecule has 0 saturated heterocycles. The summed E-state index contributed by atoms with van der Waals surface area (Å²) in [5.41, 5.74) is -0.256. The van der Waals surface area contributed by atoms with Gasteiger partial charge in [0.15, 0.2) is 11.5 Å². The van der Waals surface area contributed by atoms with Crippen LogP contribution in [0, 0.1) is 17.3 Å². The van der Waals surface area contributed by atoms with E-state index in [1.807, 2.05) is 4.68 Å². The Hall–Kier alpha value is -2.42. The number of hydrogen-bond acceptors (Lipinski definition) is 5. The highest BCUT2D eigenvalue weighted by Crippen LogP contribution is 2.64. The number of carbonyl (C=O) groups excluding carboxylic acids is 1. The number of halogens is 3. The zero-order valence-corrected chi connectivity index (χ0v) is 18.4. The Bertz CT molecular complexity index is 1020. The van der Waals surface area contributed by atoms with E-state index >= 15 is 0 Å². The first-order valence-corrected chi connectivity index (χ1v) is 11.3. The predicted octanol–water partition coefficient (Wildman–Crippen LogP) is 4.87. The second-order valence-corrected chi connectivity index (χ2v) is 9.69. The van der Waals surface area contributed by atoms with Crippen LogP contribution in [0.4, 0.5) is 14.5 Å². The van der Waals surface area contributed by atoms with Crippen molar-refractivity contribution in [3.05, 3.63) is 29.8 Å². The predicted molar refractivity (Wildman–Crippen MR) is 113 cm³/mol. The van der Waals surface area contributed by atoms with Crippen LogP contribution in [0.1, 0.15) is 45.4 Å². The Labute approximate surface area is 189 Å². The second-order valence-electron chi connectivity index (χ2n) is 9.35. The Kier molecular flexibility index (Phi) is 5.27. The number of rotatable bonds is 7. The lowest BCUT2D eigenvalue weighted by atomic mass is 9.46. The largest absolute Gasteiger partial charge is 0.490 e. The van der Waals surface area contributed by atoms with Crippen molar-refractivity contribution in [2.45, 2.75) is 57.6 Å². The first kappa shape index (κ1) is 21.4. The minimum absolute atomic E-state index is 0.0489. The van der Waals surface area contributed by atoms with Crippen LogP contribution in [0.5, 0.6) is 11.5 Å². The minimum Gasteiger partial charge on any atom is -0.490 e. The van der Waals surface area contributed by atoms with Crippen molar-refractivity contribution in [1.29, 1.82) is 0 Å². The molecule has 7 nitrogen and oxygen atoms in total. The van der Waals surface area contributed by atoms with Crippen LogP contribution in [0.3, 0.4) is 0 Å². The number of nitrogens with zero attached hydrogens (tertiary/aromatic N) is 3. The number of benzene rings is 1. The molecule has 32 heavy (non-hydrogen) atoms. The molecule has 4 bridgehead atoms. The van der Waals surface area contributed by atoms with Crippen molar-refractivity contribution in [1.82, 2.24) is 14.8 Å². The molecule has 1 N–H and O–H groups in total. The lowest BCUT2D eigenvalue weighted by molar-refractivity contribution is -0.150. The van der Waals surface area contributed by atoms with Crippen LogP contribution >= 0.6 is 11.6 Å². The van der Waals surface area contributed by atoms with Gasteiger partial charge in [-0.25, -0.2) is 9.67 Å². The fourth-order valence-electron chi connectivity index (χ4n) is 6.53. The van der Waals surface area contributed by atoms with Crippen LogP contribution in [0.25, 0.3) is 0 Å². The SMILES string of the molecule is CCOc1cc(NC(=O)C23CC4CC(C2)CC(n2cnc(Cl)n2)(C4)C3)ccc1OC(F)F. The Balaban J connectivity index is 1.40. The zero-order valence-electron chi connectivity index (χ0n) is 17.7. The Morgan fingerprint density at radius 1 is 1.28 bits per heavy atom. The highest BCUT2D eigenvalue weighted by molar-refractivity contribution is 6.28. The van der Waals surface area contributed by atoms with Crippen LogP contribution in [-0.4, -0.2) is 33.9 Å². The molecule has 1 aromatic carbocycles. The number of ether oxygens (including phenoxy) is 2. The van der Waals surface area contributed by atoms with Gasteiger partial charge in [0.05, 0.1) is 17.6 Å². The molecule has 1 heterocycles. The first-order chi connectivity index (χ1) is 15.3. The topological polar surface area (TPSA) is 78.3 Å². The summed E-state index contributed by atoms with van der Waals surface area (Å²) in [6, 6.07) is 4.49. The van der Waals surface area contributed by atoms with Crippen molar-refractivity contribution in [3.63, 3.8) is 0 Å². The van der Waals surface area contributed by atoms with E-state index in [2.05, 4.69) is 20.1 Å². The molecule has 4 aliphatic rings. The molecule has 2 unspecified atom stereocenters. The van der Waals surface area contributed by atoms with Crippen molar-refractivity contribution in [2.75, 3.05) is 11.9 Å². The number of aromatic nitrogens is 3. The number of anilines is 1. The molecular weight excluding hydrogens is 442 g/mol. The molecule has 0 radical (unpaired) electrons. The standard InChI is InChI=1S/C22H25ClF2N4O3/c1-2-31-17-6-15(3-4-16(17)32-20(24)25)27-18(30)21-7-13-5-14(8-21)10-22(9-13,11-21)29-12-26-19(23)28-29/h3-4,6,12-14,20H,2,5,7-11H2,1H3,(H,27,30). The number of alkyl halides is 2. The van der Waals surface area contributed by atoms with Crippen molar-refractivity contribution in [3.8, 4) is 11.5 Å². The lowest BCUT2D eigenvalue weighted by Gasteiger charge is -2.60. The normalized spacial score (nSPS) is 30.5. The summed E-state index contributed by atoms with van der Waals surface area (Å²) in [6.45, 7) is -0.918. The Morgan fingerprint density at radius 2 is 2.03 bits per heavy atom. The molecule has 1 aromatic heterocycles. The first-order valence-electron chi connectivity index (χ1n) is 10.9. The van der Waals surface area contributed by atoms with E-state index in [4.69, 9.17) is 16.3 Å². The van der Waals surface area contributed by atoms with Gasteiger partial charge in [-0.2, -0.15) is 8.78 Å². The average Bonchev–Trinajstić information content (AvgIpc) is 3.16. The van der Waals surface area contributed by atoms with Gasteiger partial charge < -0.3 is 14.8 Å². The van der Waals surface area contributed by atoms with Crippen LogP contribution in [0.2, 0.25) is 5.28 Å². The van der Waals surface area contributed by atoms with E-state index in [1.54, 1.807) is 19.3 Å². The van der Waals surface area contributed by atoms with E-state index in [1.165, 1.54) is 12.1 Å². The van der Waals surface area contributed by atoms with Gasteiger partial charge in [-0.05, 0) is 81.0 Å².